The number of hydrogen-bond donors (Lipinski definition) is 0. The van der Waals surface area contributed by atoms with Gasteiger partial charge in [0.15, 0.2) is 15.6 Å². The molecule has 0 spiro atoms. The molecule has 0 N–H and O–H groups in total. The van der Waals surface area contributed by atoms with Crippen LogP contribution < -0.4 is 0 Å². The maximum Gasteiger partial charge on any atom is 0.186 e. The van der Waals surface area contributed by atoms with Crippen LogP contribution in [0.3, 0.4) is 0 Å². The SMILES string of the molecule is O=C(Cc1ccc(F)cc1)CS(=O)(=O)c1ccccc1Br. The Morgan fingerprint density at radius 2 is 1.67 bits per heavy atom. The molecule has 0 saturated heterocycles. The second-order valence-corrected chi connectivity index (χ2v) is 7.34. The number of rotatable bonds is 5. The summed E-state index contributed by atoms with van der Waals surface area (Å²) in [4.78, 5) is 12.0. The predicted octanol–water partition coefficient (Wildman–Crippen LogP) is 3.17. The Morgan fingerprint density at radius 3 is 2.29 bits per heavy atom. The highest BCUT2D eigenvalue weighted by atomic mass is 79.9. The highest BCUT2D eigenvalue weighted by Crippen LogP contribution is 2.22. The van der Waals surface area contributed by atoms with Gasteiger partial charge in [0.05, 0.1) is 4.90 Å². The van der Waals surface area contributed by atoms with E-state index in [1.165, 1.54) is 30.3 Å². The second-order valence-electron chi connectivity index (χ2n) is 4.53. The summed E-state index contributed by atoms with van der Waals surface area (Å²) in [7, 11) is -3.69. The van der Waals surface area contributed by atoms with Gasteiger partial charge in [-0.05, 0) is 45.8 Å². The molecule has 2 aromatic carbocycles. The molecule has 0 radical (unpaired) electrons. The van der Waals surface area contributed by atoms with E-state index in [0.29, 0.717) is 10.0 Å². The fourth-order valence-corrected chi connectivity index (χ4v) is 4.22. The Labute approximate surface area is 130 Å². The third kappa shape index (κ3) is 4.22. The van der Waals surface area contributed by atoms with Gasteiger partial charge >= 0.3 is 0 Å². The van der Waals surface area contributed by atoms with Gasteiger partial charge in [-0.1, -0.05) is 24.3 Å². The Morgan fingerprint density at radius 1 is 1.05 bits per heavy atom. The Balaban J connectivity index is 2.12. The minimum Gasteiger partial charge on any atom is -0.298 e. The number of hydrogen-bond acceptors (Lipinski definition) is 3. The van der Waals surface area contributed by atoms with E-state index in [1.807, 2.05) is 0 Å². The molecule has 21 heavy (non-hydrogen) atoms. The van der Waals surface area contributed by atoms with Crippen LogP contribution in [0.15, 0.2) is 57.9 Å². The van der Waals surface area contributed by atoms with Gasteiger partial charge in [-0.3, -0.25) is 4.79 Å². The van der Waals surface area contributed by atoms with Crippen LogP contribution in [0.2, 0.25) is 0 Å². The van der Waals surface area contributed by atoms with Gasteiger partial charge in [0.2, 0.25) is 0 Å². The van der Waals surface area contributed by atoms with Gasteiger partial charge < -0.3 is 0 Å². The van der Waals surface area contributed by atoms with Crippen LogP contribution in [0.4, 0.5) is 4.39 Å². The van der Waals surface area contributed by atoms with Crippen LogP contribution in [-0.2, 0) is 21.1 Å². The largest absolute Gasteiger partial charge is 0.298 e. The lowest BCUT2D eigenvalue weighted by Gasteiger charge is -2.06. The average molecular weight is 371 g/mol. The molecule has 0 heterocycles. The molecule has 110 valence electrons. The van der Waals surface area contributed by atoms with E-state index < -0.39 is 27.2 Å². The fraction of sp³-hybridized carbons (Fsp3) is 0.133. The summed E-state index contributed by atoms with van der Waals surface area (Å²) in [5, 5.41) is 0. The van der Waals surface area contributed by atoms with Gasteiger partial charge in [0, 0.05) is 10.9 Å². The van der Waals surface area contributed by atoms with Crippen molar-refractivity contribution in [2.75, 3.05) is 5.75 Å². The zero-order chi connectivity index (χ0) is 15.5. The van der Waals surface area contributed by atoms with Crippen molar-refractivity contribution < 1.29 is 17.6 Å². The van der Waals surface area contributed by atoms with Crippen LogP contribution in [0.1, 0.15) is 5.56 Å². The van der Waals surface area contributed by atoms with Gasteiger partial charge in [-0.15, -0.1) is 0 Å². The molecule has 0 aliphatic rings. The number of halogens is 2. The first-order valence-corrected chi connectivity index (χ1v) is 8.56. The molecular formula is C15H12BrFO3S. The molecule has 0 bridgehead atoms. The number of carbonyl (C=O) groups is 1. The van der Waals surface area contributed by atoms with Crippen molar-refractivity contribution in [1.82, 2.24) is 0 Å². The molecule has 0 aliphatic carbocycles. The fourth-order valence-electron chi connectivity index (χ4n) is 1.87. The standard InChI is InChI=1S/C15H12BrFO3S/c16-14-3-1-2-4-15(14)21(19,20)10-13(18)9-11-5-7-12(17)8-6-11/h1-8H,9-10H2. The van der Waals surface area contributed by atoms with Crippen molar-refractivity contribution in [1.29, 1.82) is 0 Å². The van der Waals surface area contributed by atoms with Crippen molar-refractivity contribution >= 4 is 31.6 Å². The first-order chi connectivity index (χ1) is 9.88. The molecule has 0 fully saturated rings. The normalized spacial score (nSPS) is 11.3. The molecule has 2 rings (SSSR count). The van der Waals surface area contributed by atoms with Crippen molar-refractivity contribution in [2.24, 2.45) is 0 Å². The lowest BCUT2D eigenvalue weighted by atomic mass is 10.1. The average Bonchev–Trinajstić information content (AvgIpc) is 2.41. The molecule has 6 heteroatoms. The monoisotopic (exact) mass is 370 g/mol. The second kappa shape index (κ2) is 6.49. The highest BCUT2D eigenvalue weighted by molar-refractivity contribution is 9.10. The highest BCUT2D eigenvalue weighted by Gasteiger charge is 2.21. The van der Waals surface area contributed by atoms with E-state index in [4.69, 9.17) is 0 Å². The smallest absolute Gasteiger partial charge is 0.186 e. The van der Waals surface area contributed by atoms with Crippen LogP contribution in [0, 0.1) is 5.82 Å². The zero-order valence-electron chi connectivity index (χ0n) is 10.9. The maximum atomic E-state index is 12.8. The van der Waals surface area contributed by atoms with Gasteiger partial charge in [-0.2, -0.15) is 0 Å². The molecule has 0 unspecified atom stereocenters. The summed E-state index contributed by atoms with van der Waals surface area (Å²) in [6, 6.07) is 11.8. The molecule has 0 aliphatic heterocycles. The summed E-state index contributed by atoms with van der Waals surface area (Å²) in [5.74, 6) is -1.41. The van der Waals surface area contributed by atoms with Crippen molar-refractivity contribution in [3.05, 3.63) is 64.4 Å². The quantitative estimate of drug-likeness (QED) is 0.811. The maximum absolute atomic E-state index is 12.8. The molecule has 0 aromatic heterocycles. The van der Waals surface area contributed by atoms with Crippen LogP contribution in [0.5, 0.6) is 0 Å². The van der Waals surface area contributed by atoms with E-state index in [0.717, 1.165) is 0 Å². The Kier molecular flexibility index (Phi) is 4.90. The number of benzene rings is 2. The Hall–Kier alpha value is -1.53. The van der Waals surface area contributed by atoms with Gasteiger partial charge in [-0.25, -0.2) is 12.8 Å². The Bertz CT molecular complexity index is 755. The third-order valence-corrected chi connectivity index (χ3v) is 5.52. The molecule has 2 aromatic rings. The van der Waals surface area contributed by atoms with E-state index in [-0.39, 0.29) is 11.3 Å². The van der Waals surface area contributed by atoms with E-state index in [9.17, 15) is 17.6 Å². The summed E-state index contributed by atoms with van der Waals surface area (Å²) in [5.41, 5.74) is 0.587. The minimum atomic E-state index is -3.69. The topological polar surface area (TPSA) is 51.2 Å². The number of Topliss-reactive ketones (excluding diaryl/α,β-unsaturated/α-hetero) is 1. The zero-order valence-corrected chi connectivity index (χ0v) is 13.3. The molecule has 3 nitrogen and oxygen atoms in total. The van der Waals surface area contributed by atoms with E-state index in [1.54, 1.807) is 18.2 Å². The molecular weight excluding hydrogens is 359 g/mol. The lowest BCUT2D eigenvalue weighted by Crippen LogP contribution is -2.18. The summed E-state index contributed by atoms with van der Waals surface area (Å²) >= 11 is 3.16. The number of sulfone groups is 1. The molecule has 0 saturated carbocycles. The van der Waals surface area contributed by atoms with Crippen LogP contribution in [0.25, 0.3) is 0 Å². The van der Waals surface area contributed by atoms with Gasteiger partial charge in [0.1, 0.15) is 11.6 Å². The van der Waals surface area contributed by atoms with Crippen LogP contribution >= 0.6 is 15.9 Å². The van der Waals surface area contributed by atoms with E-state index >= 15 is 0 Å². The first-order valence-electron chi connectivity index (χ1n) is 6.12. The number of ketones is 1. The minimum absolute atomic E-state index is 0.0377. The summed E-state index contributed by atoms with van der Waals surface area (Å²) in [6.45, 7) is 0. The summed E-state index contributed by atoms with van der Waals surface area (Å²) in [6.07, 6.45) is -0.0377. The van der Waals surface area contributed by atoms with Gasteiger partial charge in [0.25, 0.3) is 0 Å². The number of carbonyl (C=O) groups excluding carboxylic acids is 1. The lowest BCUT2D eigenvalue weighted by molar-refractivity contribution is -0.116. The summed E-state index contributed by atoms with van der Waals surface area (Å²) < 4.78 is 37.6. The third-order valence-electron chi connectivity index (χ3n) is 2.84. The van der Waals surface area contributed by atoms with Crippen molar-refractivity contribution in [3.8, 4) is 0 Å². The van der Waals surface area contributed by atoms with E-state index in [2.05, 4.69) is 15.9 Å². The molecule has 0 amide bonds. The predicted molar refractivity (Wildman–Crippen MR) is 81.3 cm³/mol. The van der Waals surface area contributed by atoms with Crippen molar-refractivity contribution in [3.63, 3.8) is 0 Å². The van der Waals surface area contributed by atoms with Crippen LogP contribution in [-0.4, -0.2) is 20.0 Å². The molecule has 0 atom stereocenters. The first kappa shape index (κ1) is 15.9. The van der Waals surface area contributed by atoms with Crippen molar-refractivity contribution in [2.45, 2.75) is 11.3 Å².